The Morgan fingerprint density at radius 1 is 1.18 bits per heavy atom. The molecule has 0 aliphatic carbocycles. The van der Waals surface area contributed by atoms with Crippen LogP contribution in [0.3, 0.4) is 0 Å². The molecule has 0 fully saturated rings. The van der Waals surface area contributed by atoms with E-state index in [0.717, 1.165) is 5.56 Å². The molecule has 2 N–H and O–H groups in total. The van der Waals surface area contributed by atoms with Gasteiger partial charge in [0, 0.05) is 11.3 Å². The van der Waals surface area contributed by atoms with E-state index in [-0.39, 0.29) is 18.1 Å². The molecule has 2 aromatic carbocycles. The molecule has 9 heteroatoms. The van der Waals surface area contributed by atoms with Crippen molar-refractivity contribution >= 4 is 11.6 Å². The Balaban J connectivity index is 1.63. The quantitative estimate of drug-likeness (QED) is 0.669. The molecule has 1 heterocycles. The minimum atomic E-state index is -4.42. The number of aromatic amines is 1. The lowest BCUT2D eigenvalue weighted by molar-refractivity contribution is -0.153. The molecule has 3 aromatic rings. The Bertz CT molecular complexity index is 970. The zero-order valence-electron chi connectivity index (χ0n) is 14.9. The number of halogens is 3. The summed E-state index contributed by atoms with van der Waals surface area (Å²) >= 11 is 0. The summed E-state index contributed by atoms with van der Waals surface area (Å²) in [6.07, 6.45) is -4.42. The summed E-state index contributed by atoms with van der Waals surface area (Å²) in [6, 6.07) is 13.1. The van der Waals surface area contributed by atoms with Gasteiger partial charge in [0.2, 0.25) is 5.91 Å². The minimum absolute atomic E-state index is 0.00674. The highest BCUT2D eigenvalue weighted by Gasteiger charge is 2.28. The van der Waals surface area contributed by atoms with E-state index in [1.165, 1.54) is 12.1 Å². The fourth-order valence-electron chi connectivity index (χ4n) is 2.51. The second kappa shape index (κ2) is 8.12. The number of hydrogen-bond acceptors (Lipinski definition) is 4. The third-order valence-electron chi connectivity index (χ3n) is 3.67. The van der Waals surface area contributed by atoms with Gasteiger partial charge in [-0.1, -0.05) is 24.3 Å². The van der Waals surface area contributed by atoms with Crippen LogP contribution in [-0.2, 0) is 11.2 Å². The molecule has 0 bridgehead atoms. The predicted octanol–water partition coefficient (Wildman–Crippen LogP) is 3.90. The van der Waals surface area contributed by atoms with E-state index in [1.54, 1.807) is 37.3 Å². The van der Waals surface area contributed by atoms with Gasteiger partial charge in [0.15, 0.2) is 12.4 Å². The van der Waals surface area contributed by atoms with Gasteiger partial charge >= 0.3 is 6.18 Å². The molecule has 0 spiro atoms. The van der Waals surface area contributed by atoms with Crippen molar-refractivity contribution in [2.45, 2.75) is 19.5 Å². The number of anilines is 1. The Morgan fingerprint density at radius 3 is 2.68 bits per heavy atom. The molecule has 0 atom stereocenters. The summed E-state index contributed by atoms with van der Waals surface area (Å²) in [5, 5.41) is 9.59. The fourth-order valence-corrected chi connectivity index (χ4v) is 2.51. The molecule has 146 valence electrons. The number of benzene rings is 2. The minimum Gasteiger partial charge on any atom is -0.484 e. The molecular formula is C19H17F3N4O2. The third-order valence-corrected chi connectivity index (χ3v) is 3.67. The van der Waals surface area contributed by atoms with E-state index in [2.05, 4.69) is 20.5 Å². The molecule has 0 radical (unpaired) electrons. The van der Waals surface area contributed by atoms with Gasteiger partial charge in [0.25, 0.3) is 0 Å². The van der Waals surface area contributed by atoms with Gasteiger partial charge in [-0.3, -0.25) is 9.89 Å². The number of nitrogens with zero attached hydrogens (tertiary/aromatic N) is 2. The molecule has 1 amide bonds. The number of H-pyrrole nitrogens is 1. The Labute approximate surface area is 158 Å². The molecule has 0 aliphatic rings. The van der Waals surface area contributed by atoms with Gasteiger partial charge in [0.1, 0.15) is 11.6 Å². The van der Waals surface area contributed by atoms with E-state index in [9.17, 15) is 18.0 Å². The SMILES string of the molecule is Cc1nc(-c2cccc(NC(=O)Cc3cccc(OCC(F)(F)F)c3)c2)n[nH]1. The summed E-state index contributed by atoms with van der Waals surface area (Å²) in [5.74, 6) is 0.945. The molecule has 6 nitrogen and oxygen atoms in total. The van der Waals surface area contributed by atoms with Crippen molar-refractivity contribution < 1.29 is 22.7 Å². The van der Waals surface area contributed by atoms with Crippen molar-refractivity contribution in [3.63, 3.8) is 0 Å². The van der Waals surface area contributed by atoms with Gasteiger partial charge in [-0.2, -0.15) is 18.3 Å². The molecule has 0 unspecified atom stereocenters. The van der Waals surface area contributed by atoms with E-state index >= 15 is 0 Å². The maximum absolute atomic E-state index is 12.3. The number of hydrogen-bond donors (Lipinski definition) is 2. The third kappa shape index (κ3) is 5.57. The first-order chi connectivity index (χ1) is 13.3. The Morgan fingerprint density at radius 2 is 1.96 bits per heavy atom. The topological polar surface area (TPSA) is 79.9 Å². The van der Waals surface area contributed by atoms with Crippen molar-refractivity contribution in [3.05, 3.63) is 59.9 Å². The molecule has 3 rings (SSSR count). The second-order valence-electron chi connectivity index (χ2n) is 6.10. The number of ether oxygens (including phenoxy) is 1. The number of rotatable bonds is 6. The lowest BCUT2D eigenvalue weighted by Crippen LogP contribution is -2.19. The Kier molecular flexibility index (Phi) is 5.62. The smallest absolute Gasteiger partial charge is 0.422 e. The number of aromatic nitrogens is 3. The first-order valence-corrected chi connectivity index (χ1v) is 8.36. The van der Waals surface area contributed by atoms with E-state index < -0.39 is 12.8 Å². The number of alkyl halides is 3. The van der Waals surface area contributed by atoms with Crippen LogP contribution in [-0.4, -0.2) is 33.9 Å². The highest BCUT2D eigenvalue weighted by Crippen LogP contribution is 2.21. The second-order valence-corrected chi connectivity index (χ2v) is 6.10. The van der Waals surface area contributed by atoms with E-state index in [0.29, 0.717) is 22.9 Å². The Hall–Kier alpha value is -3.36. The molecule has 28 heavy (non-hydrogen) atoms. The summed E-state index contributed by atoms with van der Waals surface area (Å²) < 4.78 is 41.5. The average molecular weight is 390 g/mol. The van der Waals surface area contributed by atoms with Gasteiger partial charge in [0.05, 0.1) is 6.42 Å². The largest absolute Gasteiger partial charge is 0.484 e. The van der Waals surface area contributed by atoms with Crippen molar-refractivity contribution in [2.24, 2.45) is 0 Å². The van der Waals surface area contributed by atoms with Crippen LogP contribution < -0.4 is 10.1 Å². The highest BCUT2D eigenvalue weighted by atomic mass is 19.4. The zero-order chi connectivity index (χ0) is 20.1. The summed E-state index contributed by atoms with van der Waals surface area (Å²) in [5.41, 5.74) is 1.84. The van der Waals surface area contributed by atoms with Gasteiger partial charge < -0.3 is 10.1 Å². The normalized spacial score (nSPS) is 11.3. The van der Waals surface area contributed by atoms with Crippen molar-refractivity contribution in [1.29, 1.82) is 0 Å². The fraction of sp³-hybridized carbons (Fsp3) is 0.211. The van der Waals surface area contributed by atoms with Crippen LogP contribution in [0.2, 0.25) is 0 Å². The van der Waals surface area contributed by atoms with Crippen LogP contribution in [0.4, 0.5) is 18.9 Å². The van der Waals surface area contributed by atoms with Crippen LogP contribution in [0.15, 0.2) is 48.5 Å². The van der Waals surface area contributed by atoms with Crippen LogP contribution >= 0.6 is 0 Å². The maximum atomic E-state index is 12.3. The average Bonchev–Trinajstić information content (AvgIpc) is 3.06. The van der Waals surface area contributed by atoms with Crippen molar-refractivity contribution in [2.75, 3.05) is 11.9 Å². The van der Waals surface area contributed by atoms with Crippen LogP contribution in [0.5, 0.6) is 5.75 Å². The molecule has 0 saturated carbocycles. The summed E-state index contributed by atoms with van der Waals surface area (Å²) in [4.78, 5) is 16.5. The standard InChI is InChI=1S/C19H17F3N4O2/c1-12-23-18(26-25-12)14-5-3-6-15(10-14)24-17(27)9-13-4-2-7-16(8-13)28-11-19(20,21)22/h2-8,10H,9,11H2,1H3,(H,24,27)(H,23,25,26). The van der Waals surface area contributed by atoms with E-state index in [4.69, 9.17) is 4.74 Å². The highest BCUT2D eigenvalue weighted by molar-refractivity contribution is 5.92. The number of amides is 1. The number of carbonyl (C=O) groups is 1. The zero-order valence-corrected chi connectivity index (χ0v) is 14.9. The van der Waals surface area contributed by atoms with Crippen LogP contribution in [0.1, 0.15) is 11.4 Å². The lowest BCUT2D eigenvalue weighted by atomic mass is 10.1. The first-order valence-electron chi connectivity index (χ1n) is 8.36. The summed E-state index contributed by atoms with van der Waals surface area (Å²) in [6.45, 7) is 0.408. The molecule has 0 saturated heterocycles. The lowest BCUT2D eigenvalue weighted by Gasteiger charge is -2.10. The number of nitrogens with one attached hydrogen (secondary N) is 2. The van der Waals surface area contributed by atoms with Gasteiger partial charge in [-0.25, -0.2) is 4.98 Å². The number of aryl methyl sites for hydroxylation is 1. The maximum Gasteiger partial charge on any atom is 0.422 e. The molecule has 1 aromatic heterocycles. The van der Waals surface area contributed by atoms with Gasteiger partial charge in [-0.15, -0.1) is 0 Å². The molecular weight excluding hydrogens is 373 g/mol. The predicted molar refractivity (Wildman–Crippen MR) is 96.9 cm³/mol. The van der Waals surface area contributed by atoms with Crippen LogP contribution in [0.25, 0.3) is 11.4 Å². The number of carbonyl (C=O) groups excluding carboxylic acids is 1. The first kappa shape index (κ1) is 19.4. The van der Waals surface area contributed by atoms with Crippen molar-refractivity contribution in [1.82, 2.24) is 15.2 Å². The van der Waals surface area contributed by atoms with E-state index in [1.807, 2.05) is 6.07 Å². The van der Waals surface area contributed by atoms with Gasteiger partial charge in [-0.05, 0) is 36.8 Å². The molecule has 0 aliphatic heterocycles. The van der Waals surface area contributed by atoms with Crippen LogP contribution in [0, 0.1) is 6.92 Å². The summed E-state index contributed by atoms with van der Waals surface area (Å²) in [7, 11) is 0. The monoisotopic (exact) mass is 390 g/mol. The van der Waals surface area contributed by atoms with Crippen molar-refractivity contribution in [3.8, 4) is 17.1 Å².